The Balaban J connectivity index is 2.45. The van der Waals surface area contributed by atoms with Crippen LogP contribution in [-0.2, 0) is 13.5 Å². The molecule has 1 N–H and O–H groups in total. The van der Waals surface area contributed by atoms with Gasteiger partial charge >= 0.3 is 0 Å². The second-order valence-corrected chi connectivity index (χ2v) is 4.56. The Bertz CT molecular complexity index is 304. The van der Waals surface area contributed by atoms with Crippen LogP contribution in [0.5, 0.6) is 0 Å². The molecular formula is C13H25N3. The quantitative estimate of drug-likeness (QED) is 0.718. The smallest absolute Gasteiger partial charge is 0.0853 e. The Morgan fingerprint density at radius 1 is 1.38 bits per heavy atom. The van der Waals surface area contributed by atoms with E-state index in [2.05, 4.69) is 37.4 Å². The first kappa shape index (κ1) is 13.1. The molecule has 0 aromatic carbocycles. The van der Waals surface area contributed by atoms with E-state index in [0.717, 1.165) is 6.42 Å². The van der Waals surface area contributed by atoms with Crippen molar-refractivity contribution in [1.82, 2.24) is 9.78 Å². The molecule has 0 bridgehead atoms. The number of unbranched alkanes of at least 4 members (excludes halogenated alkanes) is 2. The van der Waals surface area contributed by atoms with Gasteiger partial charge in [0.15, 0.2) is 0 Å². The summed E-state index contributed by atoms with van der Waals surface area (Å²) in [6.45, 7) is 6.64. The van der Waals surface area contributed by atoms with Crippen molar-refractivity contribution in [2.75, 3.05) is 5.32 Å². The molecule has 0 saturated heterocycles. The third-order valence-corrected chi connectivity index (χ3v) is 2.88. The molecule has 92 valence electrons. The van der Waals surface area contributed by atoms with Gasteiger partial charge in [-0.05, 0) is 19.8 Å². The molecular weight excluding hydrogens is 198 g/mol. The second kappa shape index (κ2) is 6.56. The van der Waals surface area contributed by atoms with Gasteiger partial charge in [-0.2, -0.15) is 5.10 Å². The lowest BCUT2D eigenvalue weighted by molar-refractivity contribution is 0.614. The molecule has 1 aromatic heterocycles. The highest BCUT2D eigenvalue weighted by molar-refractivity contribution is 5.46. The van der Waals surface area contributed by atoms with Crippen LogP contribution >= 0.6 is 0 Å². The van der Waals surface area contributed by atoms with E-state index in [1.807, 2.05) is 11.7 Å². The molecule has 3 heteroatoms. The van der Waals surface area contributed by atoms with Gasteiger partial charge in [0, 0.05) is 19.3 Å². The van der Waals surface area contributed by atoms with Crippen LogP contribution in [0.3, 0.4) is 0 Å². The highest BCUT2D eigenvalue weighted by Gasteiger charge is 2.08. The molecule has 0 aliphatic heterocycles. The van der Waals surface area contributed by atoms with Crippen LogP contribution in [0.4, 0.5) is 5.69 Å². The van der Waals surface area contributed by atoms with Crippen molar-refractivity contribution in [3.63, 3.8) is 0 Å². The number of aryl methyl sites for hydroxylation is 2. The molecule has 1 rings (SSSR count). The van der Waals surface area contributed by atoms with E-state index in [9.17, 15) is 0 Å². The number of rotatable bonds is 7. The fourth-order valence-electron chi connectivity index (χ4n) is 1.95. The first-order valence-electron chi connectivity index (χ1n) is 6.46. The second-order valence-electron chi connectivity index (χ2n) is 4.56. The van der Waals surface area contributed by atoms with E-state index in [-0.39, 0.29) is 0 Å². The number of nitrogens with zero attached hydrogens (tertiary/aromatic N) is 2. The Morgan fingerprint density at radius 3 is 2.75 bits per heavy atom. The fraction of sp³-hybridized carbons (Fsp3) is 0.769. The van der Waals surface area contributed by atoms with Crippen LogP contribution in [0.2, 0.25) is 0 Å². The summed E-state index contributed by atoms with van der Waals surface area (Å²) in [6.07, 6.45) is 8.25. The Labute approximate surface area is 99.2 Å². The number of hydrogen-bond donors (Lipinski definition) is 1. The van der Waals surface area contributed by atoms with Crippen LogP contribution in [0.1, 0.15) is 52.1 Å². The number of anilines is 1. The maximum Gasteiger partial charge on any atom is 0.0853 e. The maximum atomic E-state index is 4.43. The van der Waals surface area contributed by atoms with Crippen molar-refractivity contribution in [2.24, 2.45) is 7.05 Å². The molecule has 0 aliphatic carbocycles. The predicted octanol–water partition coefficient (Wildman–Crippen LogP) is 3.36. The van der Waals surface area contributed by atoms with Gasteiger partial charge in [-0.25, -0.2) is 0 Å². The topological polar surface area (TPSA) is 29.9 Å². The monoisotopic (exact) mass is 223 g/mol. The lowest BCUT2D eigenvalue weighted by Crippen LogP contribution is -2.15. The Morgan fingerprint density at radius 2 is 2.12 bits per heavy atom. The minimum absolute atomic E-state index is 0.543. The SMILES string of the molecule is CCCCCC(C)Nc1cn(C)nc1CC. The molecule has 1 atom stereocenters. The number of aromatic nitrogens is 2. The molecule has 0 amide bonds. The van der Waals surface area contributed by atoms with Crippen molar-refractivity contribution < 1.29 is 0 Å². The van der Waals surface area contributed by atoms with Crippen LogP contribution in [0.15, 0.2) is 6.20 Å². The molecule has 1 heterocycles. The van der Waals surface area contributed by atoms with Gasteiger partial charge in [0.25, 0.3) is 0 Å². The molecule has 0 radical (unpaired) electrons. The van der Waals surface area contributed by atoms with Crippen LogP contribution in [0.25, 0.3) is 0 Å². The van der Waals surface area contributed by atoms with Crippen molar-refractivity contribution in [3.05, 3.63) is 11.9 Å². The van der Waals surface area contributed by atoms with E-state index in [1.165, 1.54) is 37.1 Å². The van der Waals surface area contributed by atoms with E-state index in [0.29, 0.717) is 6.04 Å². The van der Waals surface area contributed by atoms with Gasteiger partial charge in [-0.1, -0.05) is 33.1 Å². The van der Waals surface area contributed by atoms with Crippen molar-refractivity contribution in [3.8, 4) is 0 Å². The van der Waals surface area contributed by atoms with E-state index in [1.54, 1.807) is 0 Å². The summed E-state index contributed by atoms with van der Waals surface area (Å²) >= 11 is 0. The normalized spacial score (nSPS) is 12.8. The average molecular weight is 223 g/mol. The summed E-state index contributed by atoms with van der Waals surface area (Å²) in [5, 5.41) is 7.99. The highest BCUT2D eigenvalue weighted by Crippen LogP contribution is 2.16. The van der Waals surface area contributed by atoms with Crippen LogP contribution in [-0.4, -0.2) is 15.8 Å². The van der Waals surface area contributed by atoms with Crippen LogP contribution in [0, 0.1) is 0 Å². The third-order valence-electron chi connectivity index (χ3n) is 2.88. The van der Waals surface area contributed by atoms with Gasteiger partial charge < -0.3 is 5.32 Å². The minimum Gasteiger partial charge on any atom is -0.380 e. The molecule has 1 aromatic rings. The van der Waals surface area contributed by atoms with Gasteiger partial charge in [0.2, 0.25) is 0 Å². The van der Waals surface area contributed by atoms with Gasteiger partial charge in [0.05, 0.1) is 11.4 Å². The summed E-state index contributed by atoms with van der Waals surface area (Å²) in [5.41, 5.74) is 2.37. The first-order valence-corrected chi connectivity index (χ1v) is 6.46. The van der Waals surface area contributed by atoms with E-state index < -0.39 is 0 Å². The lowest BCUT2D eigenvalue weighted by atomic mass is 10.1. The zero-order chi connectivity index (χ0) is 12.0. The average Bonchev–Trinajstić information content (AvgIpc) is 2.59. The number of hydrogen-bond acceptors (Lipinski definition) is 2. The molecule has 0 aliphatic rings. The molecule has 0 spiro atoms. The van der Waals surface area contributed by atoms with Crippen molar-refractivity contribution in [2.45, 2.75) is 58.9 Å². The van der Waals surface area contributed by atoms with Gasteiger partial charge in [0.1, 0.15) is 0 Å². The zero-order valence-electron chi connectivity index (χ0n) is 11.1. The van der Waals surface area contributed by atoms with E-state index >= 15 is 0 Å². The summed E-state index contributed by atoms with van der Waals surface area (Å²) in [7, 11) is 1.98. The van der Waals surface area contributed by atoms with Gasteiger partial charge in [-0.15, -0.1) is 0 Å². The Kier molecular flexibility index (Phi) is 5.36. The van der Waals surface area contributed by atoms with Crippen LogP contribution < -0.4 is 5.32 Å². The number of nitrogens with one attached hydrogen (secondary N) is 1. The van der Waals surface area contributed by atoms with E-state index in [4.69, 9.17) is 0 Å². The summed E-state index contributed by atoms with van der Waals surface area (Å²) in [4.78, 5) is 0. The summed E-state index contributed by atoms with van der Waals surface area (Å²) < 4.78 is 1.89. The molecule has 0 saturated carbocycles. The third kappa shape index (κ3) is 3.87. The predicted molar refractivity (Wildman–Crippen MR) is 69.8 cm³/mol. The standard InChI is InChI=1S/C13H25N3/c1-5-7-8-9-11(3)14-13-10-16(4)15-12(13)6-2/h10-11,14H,5-9H2,1-4H3. The lowest BCUT2D eigenvalue weighted by Gasteiger charge is -2.14. The van der Waals surface area contributed by atoms with Crippen molar-refractivity contribution >= 4 is 5.69 Å². The van der Waals surface area contributed by atoms with Gasteiger partial charge in [-0.3, -0.25) is 4.68 Å². The van der Waals surface area contributed by atoms with Crippen molar-refractivity contribution in [1.29, 1.82) is 0 Å². The first-order chi connectivity index (χ1) is 7.67. The molecule has 16 heavy (non-hydrogen) atoms. The summed E-state index contributed by atoms with van der Waals surface area (Å²) in [5.74, 6) is 0. The molecule has 0 fully saturated rings. The molecule has 1 unspecified atom stereocenters. The largest absolute Gasteiger partial charge is 0.380 e. The minimum atomic E-state index is 0.543. The zero-order valence-corrected chi connectivity index (χ0v) is 11.1. The highest BCUT2D eigenvalue weighted by atomic mass is 15.3. The maximum absolute atomic E-state index is 4.43. The molecule has 3 nitrogen and oxygen atoms in total. The Hall–Kier alpha value is -0.990. The summed E-state index contributed by atoms with van der Waals surface area (Å²) in [6, 6.07) is 0.543. The fourth-order valence-corrected chi connectivity index (χ4v) is 1.95.